The van der Waals surface area contributed by atoms with Crippen LogP contribution in [0, 0.1) is 0 Å². The maximum Gasteiger partial charge on any atom is 0.239 e. The Balaban J connectivity index is 1.62. The lowest BCUT2D eigenvalue weighted by atomic mass is 10.1. The van der Waals surface area contributed by atoms with Gasteiger partial charge in [0.15, 0.2) is 0 Å². The maximum absolute atomic E-state index is 12.1. The van der Waals surface area contributed by atoms with E-state index in [1.807, 2.05) is 54.6 Å². The van der Waals surface area contributed by atoms with Gasteiger partial charge in [0.05, 0.1) is 6.54 Å². The van der Waals surface area contributed by atoms with Crippen molar-refractivity contribution in [3.63, 3.8) is 0 Å². The van der Waals surface area contributed by atoms with Crippen LogP contribution < -0.4 is 16.0 Å². The number of benzene rings is 2. The van der Waals surface area contributed by atoms with Gasteiger partial charge in [0, 0.05) is 24.3 Å². The molecule has 0 saturated carbocycles. The summed E-state index contributed by atoms with van der Waals surface area (Å²) in [6.07, 6.45) is 7.10. The van der Waals surface area contributed by atoms with E-state index in [9.17, 15) is 9.59 Å². The van der Waals surface area contributed by atoms with E-state index >= 15 is 0 Å². The quantitative estimate of drug-likeness (QED) is 0.428. The predicted molar refractivity (Wildman–Crippen MR) is 120 cm³/mol. The molecule has 156 valence electrons. The third-order valence-corrected chi connectivity index (χ3v) is 4.71. The topological polar surface area (TPSA) is 70.2 Å². The highest BCUT2D eigenvalue weighted by atomic mass is 16.2. The fourth-order valence-electron chi connectivity index (χ4n) is 3.00. The van der Waals surface area contributed by atoms with Crippen LogP contribution in [0.15, 0.2) is 54.6 Å². The number of anilines is 2. The third-order valence-electron chi connectivity index (χ3n) is 4.71. The summed E-state index contributed by atoms with van der Waals surface area (Å²) in [6.45, 7) is 3.18. The van der Waals surface area contributed by atoms with Crippen molar-refractivity contribution in [2.75, 3.05) is 23.7 Å². The standard InChI is InChI=1S/C24H33N3O2/c1-2-3-4-5-9-18-25-24(29)19-26-21-13-15-22(16-14-21)27-23(28)17-12-20-10-7-6-8-11-20/h6-8,10-11,13-16,26H,2-5,9,12,17-19H2,1H3,(H,25,29)(H,27,28). The monoisotopic (exact) mass is 395 g/mol. The van der Waals surface area contributed by atoms with Gasteiger partial charge < -0.3 is 16.0 Å². The summed E-state index contributed by atoms with van der Waals surface area (Å²) in [7, 11) is 0. The molecule has 0 aliphatic carbocycles. The van der Waals surface area contributed by atoms with E-state index < -0.39 is 0 Å². The highest BCUT2D eigenvalue weighted by molar-refractivity contribution is 5.91. The first-order chi connectivity index (χ1) is 14.2. The lowest BCUT2D eigenvalue weighted by Gasteiger charge is -2.09. The molecule has 5 nitrogen and oxygen atoms in total. The van der Waals surface area contributed by atoms with Crippen molar-refractivity contribution in [3.8, 4) is 0 Å². The Morgan fingerprint density at radius 3 is 2.21 bits per heavy atom. The number of carbonyl (C=O) groups is 2. The number of rotatable bonds is 13. The lowest BCUT2D eigenvalue weighted by Crippen LogP contribution is -2.30. The highest BCUT2D eigenvalue weighted by Gasteiger charge is 2.04. The molecule has 0 aliphatic rings. The van der Waals surface area contributed by atoms with E-state index in [2.05, 4.69) is 22.9 Å². The summed E-state index contributed by atoms with van der Waals surface area (Å²) >= 11 is 0. The molecule has 0 aromatic heterocycles. The van der Waals surface area contributed by atoms with Crippen LogP contribution in [0.25, 0.3) is 0 Å². The highest BCUT2D eigenvalue weighted by Crippen LogP contribution is 2.14. The molecule has 0 spiro atoms. The largest absolute Gasteiger partial charge is 0.376 e. The van der Waals surface area contributed by atoms with Gasteiger partial charge in [-0.2, -0.15) is 0 Å². The van der Waals surface area contributed by atoms with Crippen LogP contribution in [0.3, 0.4) is 0 Å². The van der Waals surface area contributed by atoms with E-state index in [0.29, 0.717) is 6.42 Å². The van der Waals surface area contributed by atoms with Crippen LogP contribution >= 0.6 is 0 Å². The van der Waals surface area contributed by atoms with Crippen LogP contribution in [-0.4, -0.2) is 24.9 Å². The van der Waals surface area contributed by atoms with Gasteiger partial charge in [-0.15, -0.1) is 0 Å². The van der Waals surface area contributed by atoms with Crippen molar-refractivity contribution >= 4 is 23.2 Å². The molecule has 0 heterocycles. The van der Waals surface area contributed by atoms with Crippen LogP contribution in [-0.2, 0) is 16.0 Å². The second-order valence-corrected chi connectivity index (χ2v) is 7.23. The summed E-state index contributed by atoms with van der Waals surface area (Å²) in [5.41, 5.74) is 2.76. The zero-order chi connectivity index (χ0) is 20.7. The number of nitrogens with one attached hydrogen (secondary N) is 3. The average Bonchev–Trinajstić information content (AvgIpc) is 2.75. The number of aryl methyl sites for hydroxylation is 1. The minimum absolute atomic E-state index is 0.00113. The van der Waals surface area contributed by atoms with Crippen LogP contribution in [0.4, 0.5) is 11.4 Å². The molecule has 3 N–H and O–H groups in total. The Bertz CT molecular complexity index is 730. The number of unbranched alkanes of at least 4 members (excludes halogenated alkanes) is 4. The van der Waals surface area contributed by atoms with Crippen LogP contribution in [0.2, 0.25) is 0 Å². The summed E-state index contributed by atoms with van der Waals surface area (Å²) in [5, 5.41) is 8.95. The lowest BCUT2D eigenvalue weighted by molar-refractivity contribution is -0.119. The van der Waals surface area contributed by atoms with Gasteiger partial charge in [-0.25, -0.2) is 0 Å². The fourth-order valence-corrected chi connectivity index (χ4v) is 3.00. The summed E-state index contributed by atoms with van der Waals surface area (Å²) < 4.78 is 0. The Kier molecular flexibility index (Phi) is 10.4. The Morgan fingerprint density at radius 2 is 1.48 bits per heavy atom. The molecule has 0 saturated heterocycles. The SMILES string of the molecule is CCCCCCCNC(=O)CNc1ccc(NC(=O)CCc2ccccc2)cc1. The third kappa shape index (κ3) is 9.79. The zero-order valence-electron chi connectivity index (χ0n) is 17.4. The molecule has 2 rings (SSSR count). The second-order valence-electron chi connectivity index (χ2n) is 7.23. The van der Waals surface area contributed by atoms with Crippen molar-refractivity contribution in [2.24, 2.45) is 0 Å². The number of hydrogen-bond acceptors (Lipinski definition) is 3. The molecule has 0 unspecified atom stereocenters. The molecule has 29 heavy (non-hydrogen) atoms. The van der Waals surface area contributed by atoms with Crippen LogP contribution in [0.1, 0.15) is 51.0 Å². The summed E-state index contributed by atoms with van der Waals surface area (Å²) in [4.78, 5) is 24.0. The molecule has 0 bridgehead atoms. The minimum Gasteiger partial charge on any atom is -0.376 e. The van der Waals surface area contributed by atoms with Gasteiger partial charge in [0.25, 0.3) is 0 Å². The van der Waals surface area contributed by atoms with E-state index in [-0.39, 0.29) is 18.4 Å². The van der Waals surface area contributed by atoms with Gasteiger partial charge >= 0.3 is 0 Å². The Morgan fingerprint density at radius 1 is 0.793 bits per heavy atom. The smallest absolute Gasteiger partial charge is 0.239 e. The molecule has 2 amide bonds. The molecule has 0 radical (unpaired) electrons. The van der Waals surface area contributed by atoms with Crippen LogP contribution in [0.5, 0.6) is 0 Å². The zero-order valence-corrected chi connectivity index (χ0v) is 17.4. The van der Waals surface area contributed by atoms with E-state index in [1.165, 1.54) is 25.7 Å². The molecule has 0 atom stereocenters. The molecule has 5 heteroatoms. The molecular weight excluding hydrogens is 362 g/mol. The average molecular weight is 396 g/mol. The van der Waals surface area contributed by atoms with Crippen molar-refractivity contribution < 1.29 is 9.59 Å². The molecule has 2 aromatic carbocycles. The van der Waals surface area contributed by atoms with Gasteiger partial charge in [-0.05, 0) is 42.7 Å². The number of carbonyl (C=O) groups excluding carboxylic acids is 2. The molecular formula is C24H33N3O2. The molecule has 0 aliphatic heterocycles. The Labute approximate surface area is 174 Å². The van der Waals surface area contributed by atoms with Crippen molar-refractivity contribution in [2.45, 2.75) is 51.9 Å². The Hall–Kier alpha value is -2.82. The van der Waals surface area contributed by atoms with Gasteiger partial charge in [0.1, 0.15) is 0 Å². The summed E-state index contributed by atoms with van der Waals surface area (Å²) in [5.74, 6) is -0.00772. The first-order valence-electron chi connectivity index (χ1n) is 10.6. The van der Waals surface area contributed by atoms with Crippen molar-refractivity contribution in [1.29, 1.82) is 0 Å². The van der Waals surface area contributed by atoms with Gasteiger partial charge in [0.2, 0.25) is 11.8 Å². The summed E-state index contributed by atoms with van der Waals surface area (Å²) in [6, 6.07) is 17.4. The fraction of sp³-hybridized carbons (Fsp3) is 0.417. The number of amides is 2. The molecule has 0 fully saturated rings. The molecule has 2 aromatic rings. The van der Waals surface area contributed by atoms with E-state index in [4.69, 9.17) is 0 Å². The first kappa shape index (κ1) is 22.5. The predicted octanol–water partition coefficient (Wildman–Crippen LogP) is 4.76. The normalized spacial score (nSPS) is 10.4. The van der Waals surface area contributed by atoms with E-state index in [1.54, 1.807) is 0 Å². The number of hydrogen-bond donors (Lipinski definition) is 3. The minimum atomic E-state index is -0.00660. The maximum atomic E-state index is 12.1. The first-order valence-corrected chi connectivity index (χ1v) is 10.6. The van der Waals surface area contributed by atoms with Crippen molar-refractivity contribution in [3.05, 3.63) is 60.2 Å². The second kappa shape index (κ2) is 13.4. The van der Waals surface area contributed by atoms with Crippen molar-refractivity contribution in [1.82, 2.24) is 5.32 Å². The van der Waals surface area contributed by atoms with Gasteiger partial charge in [-0.1, -0.05) is 62.9 Å². The van der Waals surface area contributed by atoms with E-state index in [0.717, 1.165) is 36.3 Å². The van der Waals surface area contributed by atoms with Gasteiger partial charge in [-0.3, -0.25) is 9.59 Å².